The fourth-order valence-corrected chi connectivity index (χ4v) is 5.64. The van der Waals surface area contributed by atoms with E-state index in [-0.39, 0.29) is 24.2 Å². The summed E-state index contributed by atoms with van der Waals surface area (Å²) in [4.78, 5) is 12.1. The Labute approximate surface area is 150 Å². The van der Waals surface area contributed by atoms with Crippen molar-refractivity contribution in [1.82, 2.24) is 14.9 Å². The first kappa shape index (κ1) is 18.2. The zero-order valence-corrected chi connectivity index (χ0v) is 15.5. The second-order valence-corrected chi connectivity index (χ2v) is 9.02. The molecule has 2 unspecified atom stereocenters. The molecule has 2 atom stereocenters. The van der Waals surface area contributed by atoms with Crippen LogP contribution in [0.2, 0.25) is 0 Å². The lowest BCUT2D eigenvalue weighted by Crippen LogP contribution is -2.53. The summed E-state index contributed by atoms with van der Waals surface area (Å²) >= 11 is 0. The van der Waals surface area contributed by atoms with Crippen molar-refractivity contribution in [3.8, 4) is 0 Å². The minimum atomic E-state index is -3.15. The fourth-order valence-electron chi connectivity index (χ4n) is 4.17. The lowest BCUT2D eigenvalue weighted by atomic mass is 10.00. The summed E-state index contributed by atoms with van der Waals surface area (Å²) in [6, 6.07) is 10.2. The number of carbonyl (C=O) groups is 1. The normalized spacial score (nSPS) is 26.4. The molecule has 0 aromatic heterocycles. The Bertz CT molecular complexity index is 679. The van der Waals surface area contributed by atoms with Gasteiger partial charge in [0, 0.05) is 24.7 Å². The highest BCUT2D eigenvalue weighted by Gasteiger charge is 2.45. The van der Waals surface area contributed by atoms with Crippen LogP contribution in [0.3, 0.4) is 0 Å². The maximum absolute atomic E-state index is 12.1. The maximum Gasteiger partial charge on any atom is 0.315 e. The van der Waals surface area contributed by atoms with Crippen LogP contribution >= 0.6 is 0 Å². The van der Waals surface area contributed by atoms with Gasteiger partial charge < -0.3 is 10.6 Å². The van der Waals surface area contributed by atoms with Crippen molar-refractivity contribution >= 4 is 16.1 Å². The Hall–Kier alpha value is -1.60. The van der Waals surface area contributed by atoms with Gasteiger partial charge in [-0.1, -0.05) is 30.3 Å². The highest BCUT2D eigenvalue weighted by atomic mass is 32.2. The number of fused-ring (bicyclic) bond motifs is 2. The largest absolute Gasteiger partial charge is 0.338 e. The predicted molar refractivity (Wildman–Crippen MR) is 97.8 cm³/mol. The van der Waals surface area contributed by atoms with E-state index in [2.05, 4.69) is 22.8 Å². The van der Waals surface area contributed by atoms with Crippen molar-refractivity contribution in [1.29, 1.82) is 0 Å². The Kier molecular flexibility index (Phi) is 5.64. The van der Waals surface area contributed by atoms with Crippen LogP contribution in [0.1, 0.15) is 37.7 Å². The summed E-state index contributed by atoms with van der Waals surface area (Å²) < 4.78 is 25.4. The number of hydrogen-bond donors (Lipinski definition) is 2. The molecule has 6 nitrogen and oxygen atoms in total. The second kappa shape index (κ2) is 7.74. The third kappa shape index (κ3) is 4.73. The van der Waals surface area contributed by atoms with Gasteiger partial charge in [0.1, 0.15) is 0 Å². The van der Waals surface area contributed by atoms with Gasteiger partial charge in [0.15, 0.2) is 0 Å². The number of aryl methyl sites for hydroxylation is 1. The molecule has 138 valence electrons. The van der Waals surface area contributed by atoms with Gasteiger partial charge in [-0.3, -0.25) is 0 Å². The highest BCUT2D eigenvalue weighted by molar-refractivity contribution is 7.88. The number of rotatable bonds is 6. The molecular weight excluding hydrogens is 338 g/mol. The number of benzene rings is 1. The quantitative estimate of drug-likeness (QED) is 0.756. The molecule has 7 heteroatoms. The summed E-state index contributed by atoms with van der Waals surface area (Å²) in [5, 5.41) is 5.93. The van der Waals surface area contributed by atoms with Gasteiger partial charge in [-0.05, 0) is 44.1 Å². The van der Waals surface area contributed by atoms with E-state index in [1.165, 1.54) is 11.8 Å². The summed E-state index contributed by atoms with van der Waals surface area (Å²) in [6.45, 7) is 0.635. The molecule has 2 bridgehead atoms. The summed E-state index contributed by atoms with van der Waals surface area (Å²) in [6.07, 6.45) is 6.34. The minimum absolute atomic E-state index is 0.0390. The van der Waals surface area contributed by atoms with E-state index >= 15 is 0 Å². The van der Waals surface area contributed by atoms with E-state index in [0.29, 0.717) is 19.4 Å². The van der Waals surface area contributed by atoms with Crippen LogP contribution in [0, 0.1) is 0 Å². The molecule has 3 rings (SSSR count). The summed E-state index contributed by atoms with van der Waals surface area (Å²) in [5.41, 5.74) is 1.27. The van der Waals surface area contributed by atoms with Crippen LogP contribution in [-0.2, 0) is 16.4 Å². The number of sulfonamides is 1. The standard InChI is InChI=1S/C18H27N3O3S/c1-25(23,24)21-16-9-10-17(21)13-15(12-16)20-18(22)19-11-5-8-14-6-3-2-4-7-14/h2-4,6-7,15-17H,5,8-13H2,1H3,(H2,19,20,22). The highest BCUT2D eigenvalue weighted by Crippen LogP contribution is 2.37. The van der Waals surface area contributed by atoms with Gasteiger partial charge in [-0.25, -0.2) is 13.2 Å². The number of carbonyl (C=O) groups excluding carboxylic acids is 1. The van der Waals surface area contributed by atoms with E-state index in [1.807, 2.05) is 18.2 Å². The molecule has 2 aliphatic heterocycles. The Morgan fingerprint density at radius 1 is 1.16 bits per heavy atom. The number of nitrogens with zero attached hydrogens (tertiary/aromatic N) is 1. The number of hydrogen-bond acceptors (Lipinski definition) is 3. The first-order chi connectivity index (χ1) is 11.9. The zero-order chi connectivity index (χ0) is 17.9. The van der Waals surface area contributed by atoms with E-state index in [1.54, 1.807) is 4.31 Å². The monoisotopic (exact) mass is 365 g/mol. The number of amides is 2. The maximum atomic E-state index is 12.1. The molecule has 2 amide bonds. The Morgan fingerprint density at radius 2 is 1.80 bits per heavy atom. The molecule has 0 saturated carbocycles. The van der Waals surface area contributed by atoms with Crippen molar-refractivity contribution < 1.29 is 13.2 Å². The topological polar surface area (TPSA) is 78.5 Å². The lowest BCUT2D eigenvalue weighted by molar-refractivity contribution is 0.199. The van der Waals surface area contributed by atoms with Gasteiger partial charge >= 0.3 is 6.03 Å². The molecule has 2 saturated heterocycles. The van der Waals surface area contributed by atoms with Crippen LogP contribution in [-0.4, -0.2) is 49.7 Å². The van der Waals surface area contributed by atoms with Gasteiger partial charge in [-0.15, -0.1) is 0 Å². The summed E-state index contributed by atoms with van der Waals surface area (Å²) in [7, 11) is -3.15. The molecule has 0 aliphatic carbocycles. The van der Waals surface area contributed by atoms with Gasteiger partial charge in [0.25, 0.3) is 0 Å². The molecule has 2 fully saturated rings. The van der Waals surface area contributed by atoms with Crippen LogP contribution < -0.4 is 10.6 Å². The molecule has 2 N–H and O–H groups in total. The van der Waals surface area contributed by atoms with Gasteiger partial charge in [0.05, 0.1) is 6.26 Å². The second-order valence-electron chi connectivity index (χ2n) is 7.14. The van der Waals surface area contributed by atoms with E-state index in [0.717, 1.165) is 25.7 Å². The molecule has 2 heterocycles. The average molecular weight is 365 g/mol. The zero-order valence-electron chi connectivity index (χ0n) is 14.6. The van der Waals surface area contributed by atoms with Crippen LogP contribution in [0.4, 0.5) is 4.79 Å². The molecule has 0 spiro atoms. The fraction of sp³-hybridized carbons (Fsp3) is 0.611. The molecule has 25 heavy (non-hydrogen) atoms. The van der Waals surface area contributed by atoms with Crippen molar-refractivity contribution in [2.45, 2.75) is 56.7 Å². The number of piperidine rings is 1. The SMILES string of the molecule is CS(=O)(=O)N1C2CCC1CC(NC(=O)NCCCc1ccccc1)C2. The van der Waals surface area contributed by atoms with Crippen LogP contribution in [0.5, 0.6) is 0 Å². The van der Waals surface area contributed by atoms with Crippen LogP contribution in [0.25, 0.3) is 0 Å². The van der Waals surface area contributed by atoms with Crippen molar-refractivity contribution in [3.63, 3.8) is 0 Å². The third-order valence-corrected chi connectivity index (χ3v) is 6.52. The van der Waals surface area contributed by atoms with E-state index < -0.39 is 10.0 Å². The number of nitrogens with one attached hydrogen (secondary N) is 2. The van der Waals surface area contributed by atoms with Crippen molar-refractivity contribution in [2.24, 2.45) is 0 Å². The molecule has 1 aromatic carbocycles. The molecule has 2 aliphatic rings. The lowest BCUT2D eigenvalue weighted by Gasteiger charge is -2.37. The predicted octanol–water partition coefficient (Wildman–Crippen LogP) is 1.87. The van der Waals surface area contributed by atoms with Crippen LogP contribution in [0.15, 0.2) is 30.3 Å². The Morgan fingerprint density at radius 3 is 2.40 bits per heavy atom. The van der Waals surface area contributed by atoms with E-state index in [9.17, 15) is 13.2 Å². The minimum Gasteiger partial charge on any atom is -0.338 e. The van der Waals surface area contributed by atoms with E-state index in [4.69, 9.17) is 0 Å². The van der Waals surface area contributed by atoms with Gasteiger partial charge in [-0.2, -0.15) is 4.31 Å². The molecular formula is C18H27N3O3S. The smallest absolute Gasteiger partial charge is 0.315 e. The molecule has 0 radical (unpaired) electrons. The first-order valence-corrected chi connectivity index (χ1v) is 10.8. The van der Waals surface area contributed by atoms with Gasteiger partial charge in [0.2, 0.25) is 10.0 Å². The third-order valence-electron chi connectivity index (χ3n) is 5.15. The first-order valence-electron chi connectivity index (χ1n) is 9.00. The van der Waals surface area contributed by atoms with Crippen molar-refractivity contribution in [3.05, 3.63) is 35.9 Å². The average Bonchev–Trinajstić information content (AvgIpc) is 2.85. The number of urea groups is 1. The summed E-state index contributed by atoms with van der Waals surface area (Å²) in [5.74, 6) is 0. The van der Waals surface area contributed by atoms with Crippen molar-refractivity contribution in [2.75, 3.05) is 12.8 Å². The Balaban J connectivity index is 1.39. The molecule has 1 aromatic rings.